The van der Waals surface area contributed by atoms with E-state index in [9.17, 15) is 4.79 Å². The van der Waals surface area contributed by atoms with Crippen LogP contribution in [0.4, 0.5) is 16.2 Å². The smallest absolute Gasteiger partial charge is 0.412 e. The van der Waals surface area contributed by atoms with Crippen molar-refractivity contribution in [3.63, 3.8) is 0 Å². The molecule has 0 heterocycles. The summed E-state index contributed by atoms with van der Waals surface area (Å²) in [5.41, 5.74) is 1.61. The Morgan fingerprint density at radius 2 is 1.58 bits per heavy atom. The molecule has 2 N–H and O–H groups in total. The number of para-hydroxylation sites is 2. The number of rotatable bonds is 4. The molecule has 0 saturated carbocycles. The molecule has 6 heteroatoms. The first kappa shape index (κ1) is 18.4. The SMILES string of the molecule is CC(C)(C)OC(=O)Nc1ccccc1NCc1c(Cl)cccc1Cl. The summed E-state index contributed by atoms with van der Waals surface area (Å²) in [5.74, 6) is 0. The van der Waals surface area contributed by atoms with Crippen LogP contribution in [0.3, 0.4) is 0 Å². The second-order valence-electron chi connectivity index (χ2n) is 6.23. The Morgan fingerprint density at radius 1 is 1.00 bits per heavy atom. The van der Waals surface area contributed by atoms with Gasteiger partial charge in [-0.15, -0.1) is 0 Å². The Balaban J connectivity index is 2.10. The normalized spacial score (nSPS) is 11.0. The molecule has 0 radical (unpaired) electrons. The largest absolute Gasteiger partial charge is 0.444 e. The van der Waals surface area contributed by atoms with Gasteiger partial charge in [0, 0.05) is 22.2 Å². The van der Waals surface area contributed by atoms with Crippen LogP contribution in [0.2, 0.25) is 10.0 Å². The molecular formula is C18H20Cl2N2O2. The molecule has 0 fully saturated rings. The number of carbonyl (C=O) groups is 1. The van der Waals surface area contributed by atoms with Gasteiger partial charge in [-0.3, -0.25) is 5.32 Å². The third-order valence-electron chi connectivity index (χ3n) is 3.08. The summed E-state index contributed by atoms with van der Waals surface area (Å²) in [6.45, 7) is 5.88. The molecule has 1 amide bonds. The summed E-state index contributed by atoms with van der Waals surface area (Å²) >= 11 is 12.4. The number of nitrogens with one attached hydrogen (secondary N) is 2. The fourth-order valence-corrected chi connectivity index (χ4v) is 2.58. The van der Waals surface area contributed by atoms with Crippen molar-refractivity contribution in [2.24, 2.45) is 0 Å². The van der Waals surface area contributed by atoms with E-state index in [1.54, 1.807) is 24.3 Å². The lowest BCUT2D eigenvalue weighted by molar-refractivity contribution is 0.0636. The van der Waals surface area contributed by atoms with Crippen molar-refractivity contribution < 1.29 is 9.53 Å². The van der Waals surface area contributed by atoms with Gasteiger partial charge >= 0.3 is 6.09 Å². The molecule has 0 aromatic heterocycles. The van der Waals surface area contributed by atoms with E-state index in [1.165, 1.54) is 0 Å². The van der Waals surface area contributed by atoms with Crippen molar-refractivity contribution in [3.05, 3.63) is 58.1 Å². The molecule has 4 nitrogen and oxygen atoms in total. The highest BCUT2D eigenvalue weighted by atomic mass is 35.5. The van der Waals surface area contributed by atoms with E-state index < -0.39 is 11.7 Å². The van der Waals surface area contributed by atoms with Crippen molar-refractivity contribution >= 4 is 40.7 Å². The van der Waals surface area contributed by atoms with Crippen LogP contribution in [0.25, 0.3) is 0 Å². The molecule has 0 aliphatic rings. The van der Waals surface area contributed by atoms with Gasteiger partial charge < -0.3 is 10.1 Å². The summed E-state index contributed by atoms with van der Waals surface area (Å²) in [6, 6.07) is 12.7. The van der Waals surface area contributed by atoms with Crippen LogP contribution in [0.5, 0.6) is 0 Å². The Morgan fingerprint density at radius 3 is 2.17 bits per heavy atom. The van der Waals surface area contributed by atoms with Crippen LogP contribution in [0, 0.1) is 0 Å². The zero-order valence-corrected chi connectivity index (χ0v) is 15.3. The number of amides is 1. The fourth-order valence-electron chi connectivity index (χ4n) is 2.04. The van der Waals surface area contributed by atoms with Crippen LogP contribution < -0.4 is 10.6 Å². The molecule has 128 valence electrons. The maximum atomic E-state index is 12.0. The minimum atomic E-state index is -0.558. The lowest BCUT2D eigenvalue weighted by Crippen LogP contribution is -2.27. The van der Waals surface area contributed by atoms with Gasteiger partial charge in [0.05, 0.1) is 11.4 Å². The summed E-state index contributed by atoms with van der Waals surface area (Å²) in [5, 5.41) is 7.16. The molecule has 2 rings (SSSR count). The summed E-state index contributed by atoms with van der Waals surface area (Å²) in [6.07, 6.45) is -0.507. The van der Waals surface area contributed by atoms with Gasteiger partial charge in [-0.05, 0) is 45.0 Å². The Labute approximate surface area is 152 Å². The first-order valence-electron chi connectivity index (χ1n) is 7.52. The lowest BCUT2D eigenvalue weighted by Gasteiger charge is -2.20. The lowest BCUT2D eigenvalue weighted by atomic mass is 10.2. The van der Waals surface area contributed by atoms with E-state index in [4.69, 9.17) is 27.9 Å². The zero-order chi connectivity index (χ0) is 17.7. The van der Waals surface area contributed by atoms with Gasteiger partial charge in [0.15, 0.2) is 0 Å². The quantitative estimate of drug-likeness (QED) is 0.702. The molecule has 2 aromatic rings. The number of benzene rings is 2. The summed E-state index contributed by atoms with van der Waals surface area (Å²) in [4.78, 5) is 12.0. The van der Waals surface area contributed by atoms with Gasteiger partial charge in [-0.25, -0.2) is 4.79 Å². The number of ether oxygens (including phenoxy) is 1. The van der Waals surface area contributed by atoms with Crippen molar-refractivity contribution in [2.75, 3.05) is 10.6 Å². The maximum absolute atomic E-state index is 12.0. The van der Waals surface area contributed by atoms with E-state index in [-0.39, 0.29) is 0 Å². The second-order valence-corrected chi connectivity index (χ2v) is 7.04. The van der Waals surface area contributed by atoms with Crippen molar-refractivity contribution in [1.82, 2.24) is 0 Å². The molecule has 0 aliphatic heterocycles. The van der Waals surface area contributed by atoms with Crippen molar-refractivity contribution in [1.29, 1.82) is 0 Å². The average Bonchev–Trinajstić information content (AvgIpc) is 2.46. The molecule has 24 heavy (non-hydrogen) atoms. The number of halogens is 2. The topological polar surface area (TPSA) is 50.4 Å². The highest BCUT2D eigenvalue weighted by Gasteiger charge is 2.17. The Hall–Kier alpha value is -1.91. The Kier molecular flexibility index (Phi) is 5.97. The summed E-state index contributed by atoms with van der Waals surface area (Å²) in [7, 11) is 0. The molecule has 0 unspecified atom stereocenters. The van der Waals surface area contributed by atoms with E-state index in [0.29, 0.717) is 22.3 Å². The van der Waals surface area contributed by atoms with Crippen LogP contribution in [0.1, 0.15) is 26.3 Å². The highest BCUT2D eigenvalue weighted by Crippen LogP contribution is 2.27. The second kappa shape index (κ2) is 7.77. The molecule has 0 saturated heterocycles. The third-order valence-corrected chi connectivity index (χ3v) is 3.79. The van der Waals surface area contributed by atoms with E-state index in [2.05, 4.69) is 10.6 Å². The van der Waals surface area contributed by atoms with Gasteiger partial charge in [-0.2, -0.15) is 0 Å². The number of hydrogen-bond acceptors (Lipinski definition) is 3. The predicted molar refractivity (Wildman–Crippen MR) is 100 cm³/mol. The van der Waals surface area contributed by atoms with Gasteiger partial charge in [0.2, 0.25) is 0 Å². The highest BCUT2D eigenvalue weighted by molar-refractivity contribution is 6.36. The van der Waals surface area contributed by atoms with Gasteiger partial charge in [0.1, 0.15) is 5.60 Å². The summed E-state index contributed by atoms with van der Waals surface area (Å²) < 4.78 is 5.28. The van der Waals surface area contributed by atoms with Gasteiger partial charge in [0.25, 0.3) is 0 Å². The van der Waals surface area contributed by atoms with Crippen LogP contribution in [-0.2, 0) is 11.3 Å². The molecular weight excluding hydrogens is 347 g/mol. The van der Waals surface area contributed by atoms with Crippen LogP contribution >= 0.6 is 23.2 Å². The predicted octanol–water partition coefficient (Wildman–Crippen LogP) is 5.95. The molecule has 0 atom stereocenters. The monoisotopic (exact) mass is 366 g/mol. The van der Waals surface area contributed by atoms with Gasteiger partial charge in [-0.1, -0.05) is 41.4 Å². The number of anilines is 2. The van der Waals surface area contributed by atoms with Crippen LogP contribution in [0.15, 0.2) is 42.5 Å². The minimum Gasteiger partial charge on any atom is -0.444 e. The van der Waals surface area contributed by atoms with E-state index in [0.717, 1.165) is 11.3 Å². The molecule has 0 aliphatic carbocycles. The maximum Gasteiger partial charge on any atom is 0.412 e. The van der Waals surface area contributed by atoms with Crippen LogP contribution in [-0.4, -0.2) is 11.7 Å². The van der Waals surface area contributed by atoms with Crippen molar-refractivity contribution in [3.8, 4) is 0 Å². The third kappa shape index (κ3) is 5.32. The first-order valence-corrected chi connectivity index (χ1v) is 8.27. The molecule has 0 spiro atoms. The molecule has 2 aromatic carbocycles. The Bertz CT molecular complexity index is 707. The average molecular weight is 367 g/mol. The minimum absolute atomic E-state index is 0.436. The van der Waals surface area contributed by atoms with Crippen molar-refractivity contribution in [2.45, 2.75) is 32.9 Å². The first-order chi connectivity index (χ1) is 11.3. The standard InChI is InChI=1S/C18H20Cl2N2O2/c1-18(2,3)24-17(23)22-16-10-5-4-9-15(16)21-11-12-13(19)7-6-8-14(12)20/h4-10,21H,11H2,1-3H3,(H,22,23). The fraction of sp³-hybridized carbons (Fsp3) is 0.278. The number of carbonyl (C=O) groups excluding carboxylic acids is 1. The molecule has 0 bridgehead atoms. The zero-order valence-electron chi connectivity index (χ0n) is 13.8. The van der Waals surface area contributed by atoms with E-state index in [1.807, 2.05) is 39.0 Å². The number of hydrogen-bond donors (Lipinski definition) is 2. The van der Waals surface area contributed by atoms with E-state index >= 15 is 0 Å².